The minimum atomic E-state index is -0.896. The number of nitrogens with one attached hydrogen (secondary N) is 1. The highest BCUT2D eigenvalue weighted by Crippen LogP contribution is 2.13. The second-order valence-electron chi connectivity index (χ2n) is 5.15. The van der Waals surface area contributed by atoms with E-state index >= 15 is 0 Å². The third-order valence-electron chi connectivity index (χ3n) is 3.26. The second-order valence-corrected chi connectivity index (χ2v) is 5.15. The van der Waals surface area contributed by atoms with Gasteiger partial charge in [-0.3, -0.25) is 4.79 Å². The van der Waals surface area contributed by atoms with E-state index in [1.807, 2.05) is 14.1 Å². The van der Waals surface area contributed by atoms with Gasteiger partial charge in [0.05, 0.1) is 6.42 Å². The monoisotopic (exact) mass is 257 g/mol. The molecule has 0 aromatic rings. The van der Waals surface area contributed by atoms with Crippen molar-refractivity contribution in [3.05, 3.63) is 0 Å². The average Bonchev–Trinajstić information content (AvgIpc) is 2.27. The lowest BCUT2D eigenvalue weighted by atomic mass is 10.1. The molecule has 18 heavy (non-hydrogen) atoms. The normalized spacial score (nSPS) is 21.8. The van der Waals surface area contributed by atoms with Gasteiger partial charge in [-0.25, -0.2) is 4.79 Å². The quantitative estimate of drug-likeness (QED) is 0.773. The Hall–Kier alpha value is -1.30. The lowest BCUT2D eigenvalue weighted by Gasteiger charge is -2.36. The molecule has 2 unspecified atom stereocenters. The molecule has 6 heteroatoms. The van der Waals surface area contributed by atoms with Crippen molar-refractivity contribution in [3.8, 4) is 0 Å². The number of carboxylic acids is 1. The standard InChI is InChI=1S/C12H23N3O3/c1-9(7-11(16)17)13-12(18)15-6-4-5-10(8-15)14(2)3/h9-10H,4-8H2,1-3H3,(H,13,18)(H,16,17). The summed E-state index contributed by atoms with van der Waals surface area (Å²) in [6, 6.07) is -0.107. The number of hydrogen-bond donors (Lipinski definition) is 2. The Morgan fingerprint density at radius 2 is 2.17 bits per heavy atom. The predicted molar refractivity (Wildman–Crippen MR) is 68.5 cm³/mol. The molecule has 6 nitrogen and oxygen atoms in total. The molecular weight excluding hydrogens is 234 g/mol. The lowest BCUT2D eigenvalue weighted by molar-refractivity contribution is -0.137. The van der Waals surface area contributed by atoms with Gasteiger partial charge in [-0.15, -0.1) is 0 Å². The molecule has 1 aliphatic rings. The van der Waals surface area contributed by atoms with Crippen LogP contribution in [0.2, 0.25) is 0 Å². The van der Waals surface area contributed by atoms with Crippen LogP contribution in [-0.4, -0.2) is 66.2 Å². The number of carbonyl (C=O) groups excluding carboxylic acids is 1. The Morgan fingerprint density at radius 1 is 1.50 bits per heavy atom. The first kappa shape index (κ1) is 14.8. The molecule has 104 valence electrons. The number of carbonyl (C=O) groups is 2. The van der Waals surface area contributed by atoms with Crippen LogP contribution in [-0.2, 0) is 4.79 Å². The van der Waals surface area contributed by atoms with Gasteiger partial charge in [0.25, 0.3) is 0 Å². The molecule has 1 aliphatic heterocycles. The third-order valence-corrected chi connectivity index (χ3v) is 3.26. The fourth-order valence-corrected chi connectivity index (χ4v) is 2.18. The van der Waals surface area contributed by atoms with Gasteiger partial charge in [0, 0.05) is 25.2 Å². The number of rotatable bonds is 4. The van der Waals surface area contributed by atoms with Crippen molar-refractivity contribution in [2.24, 2.45) is 0 Å². The Kier molecular flexibility index (Phi) is 5.40. The van der Waals surface area contributed by atoms with E-state index in [2.05, 4.69) is 10.2 Å². The minimum Gasteiger partial charge on any atom is -0.481 e. The van der Waals surface area contributed by atoms with Gasteiger partial charge in [0.1, 0.15) is 0 Å². The Morgan fingerprint density at radius 3 is 2.72 bits per heavy atom. The van der Waals surface area contributed by atoms with Gasteiger partial charge in [-0.1, -0.05) is 0 Å². The minimum absolute atomic E-state index is 0.0450. The number of hydrogen-bond acceptors (Lipinski definition) is 3. The van der Waals surface area contributed by atoms with Gasteiger partial charge in [-0.05, 0) is 33.9 Å². The second kappa shape index (κ2) is 6.58. The molecule has 2 N–H and O–H groups in total. The molecule has 1 rings (SSSR count). The number of aliphatic carboxylic acids is 1. The fraction of sp³-hybridized carbons (Fsp3) is 0.833. The first-order valence-electron chi connectivity index (χ1n) is 6.33. The van der Waals surface area contributed by atoms with Crippen molar-refractivity contribution in [2.45, 2.75) is 38.3 Å². The maximum atomic E-state index is 12.0. The highest BCUT2D eigenvalue weighted by Gasteiger charge is 2.25. The fourth-order valence-electron chi connectivity index (χ4n) is 2.18. The Labute approximate surface area is 108 Å². The number of urea groups is 1. The van der Waals surface area contributed by atoms with E-state index in [-0.39, 0.29) is 18.5 Å². The summed E-state index contributed by atoms with van der Waals surface area (Å²) in [6.07, 6.45) is 2.04. The summed E-state index contributed by atoms with van der Waals surface area (Å²) in [7, 11) is 4.03. The Bertz CT molecular complexity index is 307. The zero-order valence-corrected chi connectivity index (χ0v) is 11.3. The predicted octanol–water partition coefficient (Wildman–Crippen LogP) is 0.585. The van der Waals surface area contributed by atoms with Crippen molar-refractivity contribution in [1.82, 2.24) is 15.1 Å². The number of carboxylic acid groups (broad SMARTS) is 1. The van der Waals surface area contributed by atoms with Crippen LogP contribution in [0.5, 0.6) is 0 Å². The number of likely N-dealkylation sites (N-methyl/N-ethyl adjacent to an activating group) is 1. The topological polar surface area (TPSA) is 72.9 Å². The molecule has 0 aliphatic carbocycles. The molecule has 0 aromatic carbocycles. The van der Waals surface area contributed by atoms with Gasteiger partial charge < -0.3 is 20.2 Å². The van der Waals surface area contributed by atoms with Crippen molar-refractivity contribution in [1.29, 1.82) is 0 Å². The van der Waals surface area contributed by atoms with E-state index in [1.165, 1.54) is 0 Å². The molecule has 0 aromatic heterocycles. The van der Waals surface area contributed by atoms with Gasteiger partial charge in [0.2, 0.25) is 0 Å². The van der Waals surface area contributed by atoms with Crippen LogP contribution in [0.1, 0.15) is 26.2 Å². The van der Waals surface area contributed by atoms with Gasteiger partial charge >= 0.3 is 12.0 Å². The van der Waals surface area contributed by atoms with E-state index in [9.17, 15) is 9.59 Å². The van der Waals surface area contributed by atoms with Crippen molar-refractivity contribution >= 4 is 12.0 Å². The number of amides is 2. The van der Waals surface area contributed by atoms with Crippen LogP contribution < -0.4 is 5.32 Å². The number of nitrogens with zero attached hydrogens (tertiary/aromatic N) is 2. The molecule has 2 atom stereocenters. The highest BCUT2D eigenvalue weighted by molar-refractivity contribution is 5.76. The Balaban J connectivity index is 2.43. The summed E-state index contributed by atoms with van der Waals surface area (Å²) in [5.41, 5.74) is 0. The van der Waals surface area contributed by atoms with E-state index in [0.717, 1.165) is 19.4 Å². The highest BCUT2D eigenvalue weighted by atomic mass is 16.4. The number of likely N-dealkylation sites (tertiary alicyclic amines) is 1. The van der Waals surface area contributed by atoms with Crippen LogP contribution >= 0.6 is 0 Å². The summed E-state index contributed by atoms with van der Waals surface area (Å²) < 4.78 is 0. The van der Waals surface area contributed by atoms with E-state index < -0.39 is 5.97 Å². The summed E-state index contributed by atoms with van der Waals surface area (Å²) in [6.45, 7) is 3.16. The van der Waals surface area contributed by atoms with Crippen LogP contribution in [0.25, 0.3) is 0 Å². The largest absolute Gasteiger partial charge is 0.481 e. The van der Waals surface area contributed by atoms with E-state index in [4.69, 9.17) is 5.11 Å². The molecule has 1 saturated heterocycles. The number of piperidine rings is 1. The molecule has 1 fully saturated rings. The van der Waals surface area contributed by atoms with Crippen LogP contribution in [0.3, 0.4) is 0 Å². The molecule has 2 amide bonds. The van der Waals surface area contributed by atoms with Crippen LogP contribution in [0, 0.1) is 0 Å². The average molecular weight is 257 g/mol. The maximum absolute atomic E-state index is 12.0. The summed E-state index contributed by atoms with van der Waals surface area (Å²) in [4.78, 5) is 26.4. The molecule has 1 heterocycles. The van der Waals surface area contributed by atoms with Gasteiger partial charge in [-0.2, -0.15) is 0 Å². The molecule has 0 spiro atoms. The maximum Gasteiger partial charge on any atom is 0.317 e. The van der Waals surface area contributed by atoms with E-state index in [0.29, 0.717) is 12.6 Å². The smallest absolute Gasteiger partial charge is 0.317 e. The lowest BCUT2D eigenvalue weighted by Crippen LogP contribution is -2.52. The van der Waals surface area contributed by atoms with Gasteiger partial charge in [0.15, 0.2) is 0 Å². The summed E-state index contributed by atoms with van der Waals surface area (Å²) in [5, 5.41) is 11.4. The molecule has 0 bridgehead atoms. The van der Waals surface area contributed by atoms with Crippen molar-refractivity contribution in [2.75, 3.05) is 27.2 Å². The first-order valence-corrected chi connectivity index (χ1v) is 6.33. The van der Waals surface area contributed by atoms with Crippen molar-refractivity contribution in [3.63, 3.8) is 0 Å². The van der Waals surface area contributed by atoms with Crippen molar-refractivity contribution < 1.29 is 14.7 Å². The zero-order chi connectivity index (χ0) is 13.7. The summed E-state index contributed by atoms with van der Waals surface area (Å²) in [5.74, 6) is -0.896. The van der Waals surface area contributed by atoms with Crippen LogP contribution in [0.15, 0.2) is 0 Å². The molecular formula is C12H23N3O3. The SMILES string of the molecule is CC(CC(=O)O)NC(=O)N1CCCC(N(C)C)C1. The summed E-state index contributed by atoms with van der Waals surface area (Å²) >= 11 is 0. The third kappa shape index (κ3) is 4.52. The van der Waals surface area contributed by atoms with E-state index in [1.54, 1.807) is 11.8 Å². The zero-order valence-electron chi connectivity index (χ0n) is 11.3. The van der Waals surface area contributed by atoms with Crippen LogP contribution in [0.4, 0.5) is 4.79 Å². The molecule has 0 radical (unpaired) electrons. The molecule has 0 saturated carbocycles. The first-order chi connectivity index (χ1) is 8.40.